The van der Waals surface area contributed by atoms with Crippen LogP contribution in [0.4, 0.5) is 5.69 Å². The standard InChI is InChI=1S/C12H11Cl2N3O2/c13-10-2-1-9(5-11(10)14)17-12(19)8(6-15)7-16-3-4-18/h1-2,5,7,16,18H,3-4H2,(H,17,19)/b8-7-. The van der Waals surface area contributed by atoms with Gasteiger partial charge in [-0.05, 0) is 18.2 Å². The average molecular weight is 300 g/mol. The first-order valence-electron chi connectivity index (χ1n) is 5.29. The molecule has 1 rings (SSSR count). The molecule has 0 unspecified atom stereocenters. The molecule has 1 aromatic carbocycles. The Labute approximate surface area is 120 Å². The summed E-state index contributed by atoms with van der Waals surface area (Å²) in [6, 6.07) is 6.35. The van der Waals surface area contributed by atoms with E-state index < -0.39 is 5.91 Å². The minimum absolute atomic E-state index is 0.0936. The Kier molecular flexibility index (Phi) is 6.16. The number of aliphatic hydroxyl groups is 1. The summed E-state index contributed by atoms with van der Waals surface area (Å²) in [6.45, 7) is 0.162. The van der Waals surface area contributed by atoms with Gasteiger partial charge in [-0.2, -0.15) is 5.26 Å². The highest BCUT2D eigenvalue weighted by atomic mass is 35.5. The number of nitriles is 1. The second-order valence-electron chi connectivity index (χ2n) is 3.43. The lowest BCUT2D eigenvalue weighted by molar-refractivity contribution is -0.112. The molecule has 19 heavy (non-hydrogen) atoms. The second kappa shape index (κ2) is 7.64. The minimum Gasteiger partial charge on any atom is -0.395 e. The average Bonchev–Trinajstić information content (AvgIpc) is 2.39. The van der Waals surface area contributed by atoms with Crippen LogP contribution in [0.1, 0.15) is 0 Å². The molecule has 0 heterocycles. The van der Waals surface area contributed by atoms with Gasteiger partial charge < -0.3 is 15.7 Å². The Balaban J connectivity index is 2.74. The Morgan fingerprint density at radius 3 is 2.74 bits per heavy atom. The van der Waals surface area contributed by atoms with E-state index in [0.717, 1.165) is 0 Å². The molecule has 1 amide bonds. The van der Waals surface area contributed by atoms with Crippen molar-refractivity contribution in [3.05, 3.63) is 40.0 Å². The molecule has 0 aromatic heterocycles. The number of nitrogens with one attached hydrogen (secondary N) is 2. The maximum absolute atomic E-state index is 11.8. The molecule has 0 saturated heterocycles. The number of nitrogens with zero attached hydrogens (tertiary/aromatic N) is 1. The molecule has 0 atom stereocenters. The van der Waals surface area contributed by atoms with E-state index in [9.17, 15) is 4.79 Å². The number of rotatable bonds is 5. The van der Waals surface area contributed by atoms with Crippen molar-refractivity contribution in [2.24, 2.45) is 0 Å². The van der Waals surface area contributed by atoms with Crippen molar-refractivity contribution in [1.29, 1.82) is 5.26 Å². The number of hydrogen-bond acceptors (Lipinski definition) is 4. The first-order valence-corrected chi connectivity index (χ1v) is 6.05. The minimum atomic E-state index is -0.577. The van der Waals surface area contributed by atoms with E-state index in [4.69, 9.17) is 33.6 Å². The molecule has 0 saturated carbocycles. The van der Waals surface area contributed by atoms with Crippen LogP contribution in [0.15, 0.2) is 30.0 Å². The summed E-state index contributed by atoms with van der Waals surface area (Å²) in [7, 11) is 0. The summed E-state index contributed by atoms with van der Waals surface area (Å²) in [6.07, 6.45) is 1.24. The summed E-state index contributed by atoms with van der Waals surface area (Å²) >= 11 is 11.6. The maximum atomic E-state index is 11.8. The third-order valence-corrected chi connectivity index (χ3v) is 2.78. The Morgan fingerprint density at radius 1 is 1.42 bits per heavy atom. The van der Waals surface area contributed by atoms with Gasteiger partial charge in [-0.15, -0.1) is 0 Å². The van der Waals surface area contributed by atoms with Gasteiger partial charge >= 0.3 is 0 Å². The summed E-state index contributed by atoms with van der Waals surface area (Å²) in [5, 5.41) is 23.2. The third-order valence-electron chi connectivity index (χ3n) is 2.05. The number of benzene rings is 1. The highest BCUT2D eigenvalue weighted by molar-refractivity contribution is 6.42. The Bertz CT molecular complexity index is 538. The van der Waals surface area contributed by atoms with Gasteiger partial charge in [-0.3, -0.25) is 4.79 Å². The highest BCUT2D eigenvalue weighted by Gasteiger charge is 2.09. The van der Waals surface area contributed by atoms with Gasteiger partial charge in [0, 0.05) is 18.4 Å². The second-order valence-corrected chi connectivity index (χ2v) is 4.24. The first-order chi connectivity index (χ1) is 9.08. The van der Waals surface area contributed by atoms with Crippen molar-refractivity contribution in [1.82, 2.24) is 5.32 Å². The normalized spacial score (nSPS) is 10.7. The molecule has 0 bridgehead atoms. The van der Waals surface area contributed by atoms with Crippen LogP contribution in [0.2, 0.25) is 10.0 Å². The van der Waals surface area contributed by atoms with E-state index in [-0.39, 0.29) is 18.7 Å². The molecular weight excluding hydrogens is 289 g/mol. The number of halogens is 2. The van der Waals surface area contributed by atoms with E-state index in [0.29, 0.717) is 15.7 Å². The van der Waals surface area contributed by atoms with Crippen molar-refractivity contribution < 1.29 is 9.90 Å². The molecular formula is C12H11Cl2N3O2. The summed E-state index contributed by atoms with van der Waals surface area (Å²) in [4.78, 5) is 11.8. The van der Waals surface area contributed by atoms with Crippen LogP contribution in [-0.4, -0.2) is 24.2 Å². The lowest BCUT2D eigenvalue weighted by Gasteiger charge is -2.05. The number of aliphatic hydroxyl groups excluding tert-OH is 1. The maximum Gasteiger partial charge on any atom is 0.267 e. The fourth-order valence-corrected chi connectivity index (χ4v) is 1.46. The van der Waals surface area contributed by atoms with Gasteiger partial charge in [0.05, 0.1) is 16.7 Å². The molecule has 0 aliphatic carbocycles. The lowest BCUT2D eigenvalue weighted by atomic mass is 10.2. The van der Waals surface area contributed by atoms with Gasteiger partial charge in [0.15, 0.2) is 0 Å². The zero-order chi connectivity index (χ0) is 14.3. The van der Waals surface area contributed by atoms with Crippen molar-refractivity contribution in [2.45, 2.75) is 0 Å². The van der Waals surface area contributed by atoms with Gasteiger partial charge in [-0.25, -0.2) is 0 Å². The highest BCUT2D eigenvalue weighted by Crippen LogP contribution is 2.25. The quantitative estimate of drug-likeness (QED) is 0.440. The van der Waals surface area contributed by atoms with Crippen molar-refractivity contribution >= 4 is 34.8 Å². The SMILES string of the molecule is N#C/C(=C/NCCO)C(=O)Nc1ccc(Cl)c(Cl)c1. The fourth-order valence-electron chi connectivity index (χ4n) is 1.16. The van der Waals surface area contributed by atoms with Crippen LogP contribution in [0.3, 0.4) is 0 Å². The smallest absolute Gasteiger partial charge is 0.267 e. The molecule has 0 fully saturated rings. The number of carbonyl (C=O) groups is 1. The van der Waals surface area contributed by atoms with Gasteiger partial charge in [0.2, 0.25) is 0 Å². The molecule has 100 valence electrons. The number of amides is 1. The Hall–Kier alpha value is -1.74. The van der Waals surface area contributed by atoms with E-state index >= 15 is 0 Å². The number of hydrogen-bond donors (Lipinski definition) is 3. The zero-order valence-corrected chi connectivity index (χ0v) is 11.3. The summed E-state index contributed by atoms with van der Waals surface area (Å²) in [5.74, 6) is -0.577. The molecule has 0 aliphatic rings. The van der Waals surface area contributed by atoms with Crippen LogP contribution >= 0.6 is 23.2 Å². The van der Waals surface area contributed by atoms with E-state index in [1.807, 2.05) is 0 Å². The molecule has 0 aliphatic heterocycles. The first kappa shape index (κ1) is 15.3. The number of anilines is 1. The van der Waals surface area contributed by atoms with Crippen LogP contribution < -0.4 is 10.6 Å². The Morgan fingerprint density at radius 2 is 2.16 bits per heavy atom. The summed E-state index contributed by atoms with van der Waals surface area (Å²) < 4.78 is 0. The van der Waals surface area contributed by atoms with Crippen LogP contribution in [-0.2, 0) is 4.79 Å². The predicted molar refractivity (Wildman–Crippen MR) is 73.9 cm³/mol. The van der Waals surface area contributed by atoms with Crippen molar-refractivity contribution in [3.63, 3.8) is 0 Å². The molecule has 0 spiro atoms. The molecule has 0 radical (unpaired) electrons. The third kappa shape index (κ3) is 4.79. The van der Waals surface area contributed by atoms with Gasteiger partial charge in [-0.1, -0.05) is 23.2 Å². The van der Waals surface area contributed by atoms with E-state index in [2.05, 4.69) is 10.6 Å². The predicted octanol–water partition coefficient (Wildman–Crippen LogP) is 1.92. The van der Waals surface area contributed by atoms with E-state index in [1.54, 1.807) is 18.2 Å². The fraction of sp³-hybridized carbons (Fsp3) is 0.167. The van der Waals surface area contributed by atoms with Crippen molar-refractivity contribution in [2.75, 3.05) is 18.5 Å². The zero-order valence-electron chi connectivity index (χ0n) is 9.78. The van der Waals surface area contributed by atoms with E-state index in [1.165, 1.54) is 12.3 Å². The molecule has 7 heteroatoms. The molecule has 3 N–H and O–H groups in total. The lowest BCUT2D eigenvalue weighted by Crippen LogP contribution is -2.18. The topological polar surface area (TPSA) is 85.2 Å². The van der Waals surface area contributed by atoms with Crippen LogP contribution in [0, 0.1) is 11.3 Å². The molecule has 1 aromatic rings. The summed E-state index contributed by atoms with van der Waals surface area (Å²) in [5.41, 5.74) is 0.322. The largest absolute Gasteiger partial charge is 0.395 e. The monoisotopic (exact) mass is 299 g/mol. The van der Waals surface area contributed by atoms with Gasteiger partial charge in [0.1, 0.15) is 11.6 Å². The van der Waals surface area contributed by atoms with Gasteiger partial charge in [0.25, 0.3) is 5.91 Å². The van der Waals surface area contributed by atoms with Crippen molar-refractivity contribution in [3.8, 4) is 6.07 Å². The number of carbonyl (C=O) groups excluding carboxylic acids is 1. The van der Waals surface area contributed by atoms with Crippen LogP contribution in [0.25, 0.3) is 0 Å². The van der Waals surface area contributed by atoms with Crippen LogP contribution in [0.5, 0.6) is 0 Å². The molecule has 5 nitrogen and oxygen atoms in total.